The first-order chi connectivity index (χ1) is 6.63. The van der Waals surface area contributed by atoms with Crippen LogP contribution in [0.3, 0.4) is 0 Å². The second kappa shape index (κ2) is 4.72. The average Bonchev–Trinajstić information content (AvgIpc) is 2.18. The summed E-state index contributed by atoms with van der Waals surface area (Å²) in [6.45, 7) is 1.61. The Bertz CT molecular complexity index is 369. The summed E-state index contributed by atoms with van der Waals surface area (Å²) in [5.41, 5.74) is 0.301. The monoisotopic (exact) mass is 253 g/mol. The number of hydrogen-bond acceptors (Lipinski definition) is 3. The summed E-state index contributed by atoms with van der Waals surface area (Å²) in [5.74, 6) is -0.341. The minimum atomic E-state index is -0.507. The van der Waals surface area contributed by atoms with Crippen molar-refractivity contribution in [3.05, 3.63) is 28.5 Å². The Balaban J connectivity index is 2.71. The lowest BCUT2D eigenvalue weighted by atomic mass is 10.3. The van der Waals surface area contributed by atoms with Crippen molar-refractivity contribution in [2.75, 3.05) is 0 Å². The Morgan fingerprint density at radius 3 is 2.93 bits per heavy atom. The molecule has 1 amide bonds. The number of pyridine rings is 1. The molecule has 0 radical (unpaired) electrons. The molecule has 4 nitrogen and oxygen atoms in total. The number of nitrogens with one attached hydrogen (secondary N) is 1. The molecule has 0 spiro atoms. The third kappa shape index (κ3) is 2.82. The molecule has 0 saturated heterocycles. The van der Waals surface area contributed by atoms with Gasteiger partial charge in [-0.3, -0.25) is 4.79 Å². The Labute approximate surface area is 90.1 Å². The number of halogens is 1. The van der Waals surface area contributed by atoms with Gasteiger partial charge in [0.05, 0.1) is 6.07 Å². The fourth-order valence-corrected chi connectivity index (χ4v) is 1.05. The number of hydrogen-bond donors (Lipinski definition) is 1. The van der Waals surface area contributed by atoms with Crippen molar-refractivity contribution in [3.63, 3.8) is 0 Å². The predicted molar refractivity (Wildman–Crippen MR) is 54.5 cm³/mol. The highest BCUT2D eigenvalue weighted by Crippen LogP contribution is 2.07. The van der Waals surface area contributed by atoms with E-state index in [1.807, 2.05) is 6.07 Å². The minimum Gasteiger partial charge on any atom is -0.335 e. The first kappa shape index (κ1) is 10.7. The number of carbonyl (C=O) groups is 1. The number of nitriles is 1. The summed E-state index contributed by atoms with van der Waals surface area (Å²) < 4.78 is 0.808. The number of rotatable bonds is 2. The second-order valence-electron chi connectivity index (χ2n) is 2.69. The molecule has 1 heterocycles. The van der Waals surface area contributed by atoms with Crippen LogP contribution in [0.25, 0.3) is 0 Å². The van der Waals surface area contributed by atoms with Crippen LogP contribution in [0.1, 0.15) is 17.4 Å². The topological polar surface area (TPSA) is 65.8 Å². The van der Waals surface area contributed by atoms with Gasteiger partial charge in [-0.1, -0.05) is 0 Å². The molecule has 0 aliphatic rings. The van der Waals surface area contributed by atoms with Crippen molar-refractivity contribution in [2.24, 2.45) is 0 Å². The van der Waals surface area contributed by atoms with Gasteiger partial charge >= 0.3 is 0 Å². The molecule has 72 valence electrons. The van der Waals surface area contributed by atoms with Crippen LogP contribution in [0.15, 0.2) is 22.8 Å². The van der Waals surface area contributed by atoms with Gasteiger partial charge < -0.3 is 5.32 Å². The molecule has 0 fully saturated rings. The van der Waals surface area contributed by atoms with E-state index in [4.69, 9.17) is 5.26 Å². The van der Waals surface area contributed by atoms with Gasteiger partial charge in [0.25, 0.3) is 5.91 Å². The van der Waals surface area contributed by atoms with E-state index in [2.05, 4.69) is 26.2 Å². The number of carbonyl (C=O) groups excluding carboxylic acids is 1. The van der Waals surface area contributed by atoms with Crippen LogP contribution in [0.2, 0.25) is 0 Å². The maximum atomic E-state index is 11.4. The first-order valence-corrected chi connectivity index (χ1v) is 4.75. The molecular formula is C9H8BrN3O. The lowest BCUT2D eigenvalue weighted by molar-refractivity contribution is 0.0943. The van der Waals surface area contributed by atoms with Gasteiger partial charge in [0.1, 0.15) is 11.7 Å². The molecule has 0 bridgehead atoms. The molecule has 0 aliphatic heterocycles. The lowest BCUT2D eigenvalue weighted by Crippen LogP contribution is -2.31. The maximum absolute atomic E-state index is 11.4. The fraction of sp³-hybridized carbons (Fsp3) is 0.222. The molecule has 5 heteroatoms. The summed E-state index contributed by atoms with van der Waals surface area (Å²) in [6, 6.07) is 4.71. The summed E-state index contributed by atoms with van der Waals surface area (Å²) in [5, 5.41) is 11.0. The van der Waals surface area contributed by atoms with Crippen LogP contribution in [0.4, 0.5) is 0 Å². The van der Waals surface area contributed by atoms with Crippen LogP contribution in [-0.2, 0) is 0 Å². The Morgan fingerprint density at radius 1 is 1.71 bits per heavy atom. The van der Waals surface area contributed by atoms with Gasteiger partial charge in [-0.2, -0.15) is 5.26 Å². The van der Waals surface area contributed by atoms with E-state index in [1.165, 1.54) is 6.20 Å². The molecule has 14 heavy (non-hydrogen) atoms. The van der Waals surface area contributed by atoms with Crippen LogP contribution in [0.5, 0.6) is 0 Å². The van der Waals surface area contributed by atoms with Gasteiger partial charge in [-0.25, -0.2) is 4.98 Å². The van der Waals surface area contributed by atoms with Crippen LogP contribution >= 0.6 is 15.9 Å². The quantitative estimate of drug-likeness (QED) is 0.869. The van der Waals surface area contributed by atoms with Crippen molar-refractivity contribution in [1.82, 2.24) is 10.3 Å². The number of nitrogens with zero attached hydrogens (tertiary/aromatic N) is 2. The second-order valence-corrected chi connectivity index (χ2v) is 3.60. The molecule has 1 atom stereocenters. The summed E-state index contributed by atoms with van der Waals surface area (Å²) >= 11 is 3.21. The smallest absolute Gasteiger partial charge is 0.270 e. The average molecular weight is 254 g/mol. The van der Waals surface area contributed by atoms with Crippen LogP contribution in [0, 0.1) is 11.3 Å². The highest BCUT2D eigenvalue weighted by Gasteiger charge is 2.09. The molecule has 1 aromatic rings. The lowest BCUT2D eigenvalue weighted by Gasteiger charge is -2.04. The number of amides is 1. The zero-order valence-corrected chi connectivity index (χ0v) is 9.08. The largest absolute Gasteiger partial charge is 0.335 e. The van der Waals surface area contributed by atoms with E-state index in [0.29, 0.717) is 5.69 Å². The highest BCUT2D eigenvalue weighted by molar-refractivity contribution is 9.10. The molecule has 1 rings (SSSR count). The van der Waals surface area contributed by atoms with Gasteiger partial charge in [0.2, 0.25) is 0 Å². The maximum Gasteiger partial charge on any atom is 0.270 e. The zero-order valence-electron chi connectivity index (χ0n) is 7.49. The van der Waals surface area contributed by atoms with Crippen LogP contribution in [-0.4, -0.2) is 16.9 Å². The van der Waals surface area contributed by atoms with Crippen molar-refractivity contribution in [1.29, 1.82) is 5.26 Å². The van der Waals surface area contributed by atoms with E-state index < -0.39 is 6.04 Å². The van der Waals surface area contributed by atoms with Gasteiger partial charge in [0, 0.05) is 10.7 Å². The molecule has 1 unspecified atom stereocenters. The molecule has 1 aromatic heterocycles. The Hall–Kier alpha value is -1.41. The van der Waals surface area contributed by atoms with Crippen LogP contribution < -0.4 is 5.32 Å². The zero-order chi connectivity index (χ0) is 10.6. The highest BCUT2D eigenvalue weighted by atomic mass is 79.9. The summed E-state index contributed by atoms with van der Waals surface area (Å²) in [6.07, 6.45) is 1.53. The van der Waals surface area contributed by atoms with E-state index in [9.17, 15) is 4.79 Å². The van der Waals surface area contributed by atoms with Crippen molar-refractivity contribution < 1.29 is 4.79 Å². The predicted octanol–water partition coefficient (Wildman–Crippen LogP) is 1.49. The molecule has 1 N–H and O–H groups in total. The van der Waals surface area contributed by atoms with Gasteiger partial charge in [-0.05, 0) is 35.0 Å². The van der Waals surface area contributed by atoms with Crippen molar-refractivity contribution in [3.8, 4) is 6.07 Å². The van der Waals surface area contributed by atoms with E-state index in [0.717, 1.165) is 4.47 Å². The third-order valence-electron chi connectivity index (χ3n) is 1.50. The normalized spacial score (nSPS) is 11.5. The van der Waals surface area contributed by atoms with Gasteiger partial charge in [-0.15, -0.1) is 0 Å². The molecule has 0 saturated carbocycles. The minimum absolute atomic E-state index is 0.301. The molecule has 0 aromatic carbocycles. The SMILES string of the molecule is CC(C#N)NC(=O)c1ccc(Br)cn1. The van der Waals surface area contributed by atoms with Crippen molar-refractivity contribution in [2.45, 2.75) is 13.0 Å². The first-order valence-electron chi connectivity index (χ1n) is 3.95. The third-order valence-corrected chi connectivity index (χ3v) is 1.97. The van der Waals surface area contributed by atoms with E-state index in [-0.39, 0.29) is 5.91 Å². The van der Waals surface area contributed by atoms with E-state index >= 15 is 0 Å². The summed E-state index contributed by atoms with van der Waals surface area (Å²) in [7, 11) is 0. The van der Waals surface area contributed by atoms with E-state index in [1.54, 1.807) is 19.1 Å². The van der Waals surface area contributed by atoms with Crippen molar-refractivity contribution >= 4 is 21.8 Å². The van der Waals surface area contributed by atoms with Gasteiger partial charge in [0.15, 0.2) is 0 Å². The molecular weight excluding hydrogens is 246 g/mol. The Morgan fingerprint density at radius 2 is 2.43 bits per heavy atom. The Kier molecular flexibility index (Phi) is 3.60. The fourth-order valence-electron chi connectivity index (χ4n) is 0.813. The molecule has 0 aliphatic carbocycles. The standard InChI is InChI=1S/C9H8BrN3O/c1-6(4-11)13-9(14)8-3-2-7(10)5-12-8/h2-3,5-6H,1H3,(H,13,14). The number of aromatic nitrogens is 1. The summed E-state index contributed by atoms with van der Waals surface area (Å²) in [4.78, 5) is 15.3.